The van der Waals surface area contributed by atoms with Crippen LogP contribution in [0.15, 0.2) is 24.3 Å². The van der Waals surface area contributed by atoms with Gasteiger partial charge in [-0.15, -0.1) is 6.42 Å². The fraction of sp³-hybridized carbons (Fsp3) is 0.412. The van der Waals surface area contributed by atoms with E-state index >= 15 is 0 Å². The van der Waals surface area contributed by atoms with Crippen molar-refractivity contribution in [2.24, 2.45) is 0 Å². The highest BCUT2D eigenvalue weighted by atomic mass is 16.7. The highest BCUT2D eigenvalue weighted by Crippen LogP contribution is 2.41. The third kappa shape index (κ3) is 7.42. The maximum absolute atomic E-state index is 14.3. The van der Waals surface area contributed by atoms with Crippen molar-refractivity contribution in [1.82, 2.24) is 9.78 Å². The number of rotatable bonds is 12. The van der Waals surface area contributed by atoms with Gasteiger partial charge in [-0.05, 0) is 24.3 Å². The van der Waals surface area contributed by atoms with Crippen LogP contribution >= 0.6 is 0 Å². The molecule has 0 saturated carbocycles. The lowest BCUT2D eigenvalue weighted by Gasteiger charge is -2.44. The molecule has 1 aromatic heterocycles. The zero-order valence-corrected chi connectivity index (χ0v) is 28.6. The van der Waals surface area contributed by atoms with Crippen LogP contribution in [0, 0.1) is 12.3 Å². The van der Waals surface area contributed by atoms with Gasteiger partial charge in [0.15, 0.2) is 36.0 Å². The molecule has 1 aliphatic rings. The predicted octanol–water partition coefficient (Wildman–Crippen LogP) is 2.54. The average Bonchev–Trinajstić information content (AvgIpc) is 3.46. The molecule has 50 heavy (non-hydrogen) atoms. The first kappa shape index (κ1) is 37.0. The fourth-order valence-corrected chi connectivity index (χ4v) is 5.63. The number of aromatic nitrogens is 2. The van der Waals surface area contributed by atoms with E-state index in [9.17, 15) is 24.0 Å². The molecule has 2 aromatic carbocycles. The Morgan fingerprint density at radius 3 is 1.84 bits per heavy atom. The van der Waals surface area contributed by atoms with Crippen LogP contribution in [0.3, 0.4) is 0 Å². The van der Waals surface area contributed by atoms with E-state index in [1.54, 1.807) is 12.1 Å². The molecule has 5 atom stereocenters. The van der Waals surface area contributed by atoms with Gasteiger partial charge in [0.25, 0.3) is 0 Å². The molecule has 1 saturated heterocycles. The first-order chi connectivity index (χ1) is 23.8. The number of benzene rings is 2. The zero-order valence-electron chi connectivity index (χ0n) is 28.6. The van der Waals surface area contributed by atoms with Crippen LogP contribution in [0.2, 0.25) is 0 Å². The van der Waals surface area contributed by atoms with Crippen molar-refractivity contribution in [3.05, 3.63) is 41.1 Å². The number of ether oxygens (including phenoxy) is 9. The molecule has 1 aliphatic heterocycles. The highest BCUT2D eigenvalue weighted by Gasteiger charge is 2.53. The Balaban J connectivity index is 2.04. The van der Waals surface area contributed by atoms with Crippen molar-refractivity contribution in [2.75, 3.05) is 35.0 Å². The summed E-state index contributed by atoms with van der Waals surface area (Å²) in [7, 11) is 5.59. The van der Waals surface area contributed by atoms with E-state index < -0.39 is 66.9 Å². The predicted molar refractivity (Wildman–Crippen MR) is 171 cm³/mol. The molecule has 1 fully saturated rings. The van der Waals surface area contributed by atoms with Gasteiger partial charge in [-0.2, -0.15) is 5.10 Å². The van der Waals surface area contributed by atoms with E-state index in [2.05, 4.69) is 11.0 Å². The molecule has 4 rings (SSSR count). The lowest BCUT2D eigenvalue weighted by Crippen LogP contribution is -2.60. The second kappa shape index (κ2) is 15.6. The van der Waals surface area contributed by atoms with Gasteiger partial charge < -0.3 is 42.6 Å². The van der Waals surface area contributed by atoms with Crippen LogP contribution in [0.25, 0.3) is 10.9 Å². The summed E-state index contributed by atoms with van der Waals surface area (Å²) in [5.41, 5.74) is 0.213. The quantitative estimate of drug-likeness (QED) is 0.116. The lowest BCUT2D eigenvalue weighted by molar-refractivity contribution is -0.269. The van der Waals surface area contributed by atoms with E-state index in [4.69, 9.17) is 49.1 Å². The van der Waals surface area contributed by atoms with Gasteiger partial charge in [-0.25, -0.2) is 4.68 Å². The second-order valence-corrected chi connectivity index (χ2v) is 10.8. The molecule has 0 spiro atoms. The molecule has 0 bridgehead atoms. The maximum Gasteiger partial charge on any atom is 0.303 e. The van der Waals surface area contributed by atoms with Crippen molar-refractivity contribution in [3.63, 3.8) is 0 Å². The number of carbonyl (C=O) groups excluding carboxylic acids is 5. The van der Waals surface area contributed by atoms with Gasteiger partial charge in [-0.3, -0.25) is 24.0 Å². The molecule has 16 nitrogen and oxygen atoms in total. The van der Waals surface area contributed by atoms with Crippen molar-refractivity contribution in [2.45, 2.75) is 58.3 Å². The molecule has 0 radical (unpaired) electrons. The topological polar surface area (TPSA) is 186 Å². The molecular formula is C34H36N2O14. The van der Waals surface area contributed by atoms with Gasteiger partial charge in [0, 0.05) is 38.6 Å². The summed E-state index contributed by atoms with van der Waals surface area (Å²) in [6.45, 7) is 3.97. The van der Waals surface area contributed by atoms with E-state index in [0.29, 0.717) is 0 Å². The molecule has 0 amide bonds. The minimum absolute atomic E-state index is 0.0886. The maximum atomic E-state index is 14.3. The summed E-state index contributed by atoms with van der Waals surface area (Å²) < 4.78 is 51.3. The Hall–Kier alpha value is -5.82. The van der Waals surface area contributed by atoms with Crippen LogP contribution in [0.1, 0.15) is 55.5 Å². The number of esters is 4. The Morgan fingerprint density at radius 1 is 0.780 bits per heavy atom. The van der Waals surface area contributed by atoms with Crippen molar-refractivity contribution in [3.8, 4) is 35.3 Å². The highest BCUT2D eigenvalue weighted by molar-refractivity contribution is 6.16. The van der Waals surface area contributed by atoms with Crippen LogP contribution in [-0.4, -0.2) is 98.9 Å². The van der Waals surface area contributed by atoms with Crippen molar-refractivity contribution >= 4 is 40.6 Å². The average molecular weight is 697 g/mol. The Bertz CT molecular complexity index is 1830. The monoisotopic (exact) mass is 696 g/mol. The minimum atomic E-state index is -1.56. The van der Waals surface area contributed by atoms with Gasteiger partial charge in [-0.1, -0.05) is 5.92 Å². The standard InChI is InChI=1S/C34H36N2O14/c1-10-21-23(42-6)12-11-22-27(29(41)20-13-24(43-7)30(45-9)25(14-20)44-8)35-36(28(21)22)34-33(49-19(5)40)32(48-18(4)39)31(47-17(3)38)26(50-34)15-46-16(2)37/h1,11-14,26,31-34H,15H2,2-9H3/t26?,31-,32+,33?,34-/m1/s1. The zero-order chi connectivity index (χ0) is 36.9. The number of hydrogen-bond donors (Lipinski definition) is 0. The number of methoxy groups -OCH3 is 4. The molecule has 2 unspecified atom stereocenters. The Labute approximate surface area is 286 Å². The number of nitrogens with zero attached hydrogens (tertiary/aromatic N) is 2. The first-order valence-electron chi connectivity index (χ1n) is 15.0. The molecule has 3 aromatic rings. The summed E-state index contributed by atoms with van der Waals surface area (Å²) in [5, 5.41) is 4.87. The van der Waals surface area contributed by atoms with E-state index in [0.717, 1.165) is 27.7 Å². The van der Waals surface area contributed by atoms with E-state index in [1.165, 1.54) is 45.3 Å². The third-order valence-electron chi connectivity index (χ3n) is 7.55. The largest absolute Gasteiger partial charge is 0.495 e. The molecule has 0 aliphatic carbocycles. The summed E-state index contributed by atoms with van der Waals surface area (Å²) in [6.07, 6.45) is -1.37. The minimum Gasteiger partial charge on any atom is -0.495 e. The summed E-state index contributed by atoms with van der Waals surface area (Å²) in [6, 6.07) is 5.97. The van der Waals surface area contributed by atoms with E-state index in [1.807, 2.05) is 0 Å². The number of carbonyl (C=O) groups is 5. The smallest absolute Gasteiger partial charge is 0.303 e. The van der Waals surface area contributed by atoms with Crippen LogP contribution in [-0.2, 0) is 42.9 Å². The van der Waals surface area contributed by atoms with Gasteiger partial charge >= 0.3 is 23.9 Å². The van der Waals surface area contributed by atoms with Crippen molar-refractivity contribution < 1.29 is 66.6 Å². The number of hydrogen-bond acceptors (Lipinski definition) is 15. The Kier molecular flexibility index (Phi) is 11.5. The molecule has 266 valence electrons. The summed E-state index contributed by atoms with van der Waals surface area (Å²) >= 11 is 0. The molecular weight excluding hydrogens is 660 g/mol. The molecule has 16 heteroatoms. The van der Waals surface area contributed by atoms with Gasteiger partial charge in [0.2, 0.25) is 11.5 Å². The van der Waals surface area contributed by atoms with Crippen LogP contribution in [0.5, 0.6) is 23.0 Å². The summed E-state index contributed by atoms with van der Waals surface area (Å²) in [5.74, 6) is -0.350. The Morgan fingerprint density at radius 2 is 1.34 bits per heavy atom. The van der Waals surface area contributed by atoms with Gasteiger partial charge in [0.05, 0.1) is 39.5 Å². The summed E-state index contributed by atoms with van der Waals surface area (Å²) in [4.78, 5) is 63.3. The SMILES string of the molecule is C#Cc1c(OC)ccc2c(C(=O)c3cc(OC)c(OC)c(OC)c3)nn([C@@H]3OC(COC(C)=O)[C@@H](OC(C)=O)[C@H](OC(C)=O)C3OC(C)=O)c12. The lowest BCUT2D eigenvalue weighted by atomic mass is 9.96. The molecule has 2 heterocycles. The number of fused-ring (bicyclic) bond motifs is 1. The normalized spacial score (nSPS) is 19.8. The van der Waals surface area contributed by atoms with Crippen LogP contribution < -0.4 is 18.9 Å². The first-order valence-corrected chi connectivity index (χ1v) is 15.0. The third-order valence-corrected chi connectivity index (χ3v) is 7.55. The number of terminal acetylenes is 1. The number of ketones is 1. The fourth-order valence-electron chi connectivity index (χ4n) is 5.63. The van der Waals surface area contributed by atoms with E-state index in [-0.39, 0.29) is 50.7 Å². The second-order valence-electron chi connectivity index (χ2n) is 10.8. The van der Waals surface area contributed by atoms with Gasteiger partial charge in [0.1, 0.15) is 24.2 Å². The van der Waals surface area contributed by atoms with Crippen molar-refractivity contribution in [1.29, 1.82) is 0 Å². The van der Waals surface area contributed by atoms with Crippen LogP contribution in [0.4, 0.5) is 0 Å². The molecule has 0 N–H and O–H groups in total.